The van der Waals surface area contributed by atoms with Crippen LogP contribution in [0.25, 0.3) is 0 Å². The van der Waals surface area contributed by atoms with Crippen molar-refractivity contribution in [2.24, 2.45) is 0 Å². The van der Waals surface area contributed by atoms with Crippen LogP contribution in [0.1, 0.15) is 43.1 Å². The Bertz CT molecular complexity index is 1410. The first-order chi connectivity index (χ1) is 20.1. The van der Waals surface area contributed by atoms with Gasteiger partial charge in [-0.25, -0.2) is 4.79 Å². The molecule has 5 rings (SSSR count). The Morgan fingerprint density at radius 1 is 0.929 bits per heavy atom. The summed E-state index contributed by atoms with van der Waals surface area (Å²) in [5.74, 6) is 0.535. The number of nitrogens with one attached hydrogen (secondary N) is 2. The maximum absolute atomic E-state index is 13.2. The standard InChI is InChI=1S/C33H40N4O5/c1-23-11-12-24(31(38)35-25-7-5-9-27(20-25)36-15-17-40-18-16-36)19-30(23)34-26-8-6-10-28(21-26)41-29-13-14-37(22-29)32(39)42-33(2,3)4/h5-12,19-21,29,34H,13-18,22H2,1-4H3,(H,35,38). The molecule has 9 nitrogen and oxygen atoms in total. The number of hydrogen-bond donors (Lipinski definition) is 2. The van der Waals surface area contributed by atoms with Crippen LogP contribution in [0.15, 0.2) is 66.7 Å². The topological polar surface area (TPSA) is 92.4 Å². The zero-order valence-corrected chi connectivity index (χ0v) is 24.8. The van der Waals surface area contributed by atoms with Crippen LogP contribution in [-0.4, -0.2) is 68.0 Å². The number of carbonyl (C=O) groups is 2. The highest BCUT2D eigenvalue weighted by molar-refractivity contribution is 6.05. The Morgan fingerprint density at radius 2 is 1.69 bits per heavy atom. The number of benzene rings is 3. The number of morpholine rings is 1. The van der Waals surface area contributed by atoms with Gasteiger partial charge in [-0.1, -0.05) is 18.2 Å². The van der Waals surface area contributed by atoms with Crippen molar-refractivity contribution < 1.29 is 23.8 Å². The molecule has 2 saturated heterocycles. The number of nitrogens with zero attached hydrogens (tertiary/aromatic N) is 2. The first-order valence-corrected chi connectivity index (χ1v) is 14.5. The Labute approximate surface area is 247 Å². The molecule has 2 heterocycles. The Kier molecular flexibility index (Phi) is 8.87. The summed E-state index contributed by atoms with van der Waals surface area (Å²) in [7, 11) is 0. The van der Waals surface area contributed by atoms with Crippen LogP contribution < -0.4 is 20.3 Å². The minimum absolute atomic E-state index is 0.108. The maximum atomic E-state index is 13.2. The second-order valence-corrected chi connectivity index (χ2v) is 11.7. The van der Waals surface area contributed by atoms with E-state index in [4.69, 9.17) is 14.2 Å². The fraction of sp³-hybridized carbons (Fsp3) is 0.394. The Hall–Kier alpha value is -4.24. The van der Waals surface area contributed by atoms with E-state index in [1.807, 2.05) is 88.4 Å². The molecular weight excluding hydrogens is 532 g/mol. The highest BCUT2D eigenvalue weighted by Gasteiger charge is 2.31. The number of anilines is 4. The van der Waals surface area contributed by atoms with E-state index in [1.165, 1.54) is 0 Å². The van der Waals surface area contributed by atoms with E-state index in [2.05, 4.69) is 21.6 Å². The van der Waals surface area contributed by atoms with E-state index in [0.717, 1.165) is 47.8 Å². The molecule has 0 bridgehead atoms. The highest BCUT2D eigenvalue weighted by atomic mass is 16.6. The lowest BCUT2D eigenvalue weighted by Gasteiger charge is -2.29. The fourth-order valence-corrected chi connectivity index (χ4v) is 5.01. The number of rotatable bonds is 7. The summed E-state index contributed by atoms with van der Waals surface area (Å²) < 4.78 is 17.2. The van der Waals surface area contributed by atoms with Crippen LogP contribution in [0.3, 0.4) is 0 Å². The van der Waals surface area contributed by atoms with E-state index >= 15 is 0 Å². The molecule has 2 aliphatic heterocycles. The van der Waals surface area contributed by atoms with Crippen molar-refractivity contribution in [1.29, 1.82) is 0 Å². The minimum Gasteiger partial charge on any atom is -0.488 e. The summed E-state index contributed by atoms with van der Waals surface area (Å²) in [5.41, 5.74) is 4.53. The predicted octanol–water partition coefficient (Wildman–Crippen LogP) is 6.22. The molecule has 1 atom stereocenters. The maximum Gasteiger partial charge on any atom is 0.410 e. The largest absolute Gasteiger partial charge is 0.488 e. The summed E-state index contributed by atoms with van der Waals surface area (Å²) in [4.78, 5) is 29.5. The number of amides is 2. The van der Waals surface area contributed by atoms with Crippen molar-refractivity contribution >= 4 is 34.7 Å². The van der Waals surface area contributed by atoms with Gasteiger partial charge in [0, 0.05) is 60.4 Å². The third kappa shape index (κ3) is 7.73. The molecular formula is C33H40N4O5. The molecule has 0 radical (unpaired) electrons. The molecule has 3 aromatic carbocycles. The van der Waals surface area contributed by atoms with Gasteiger partial charge < -0.3 is 34.6 Å². The lowest BCUT2D eigenvalue weighted by atomic mass is 10.1. The molecule has 2 N–H and O–H groups in total. The van der Waals surface area contributed by atoms with Gasteiger partial charge in [0.1, 0.15) is 17.5 Å². The van der Waals surface area contributed by atoms with Gasteiger partial charge in [0.2, 0.25) is 0 Å². The molecule has 0 aromatic heterocycles. The molecule has 222 valence electrons. The number of hydrogen-bond acceptors (Lipinski definition) is 7. The van der Waals surface area contributed by atoms with E-state index in [-0.39, 0.29) is 18.1 Å². The van der Waals surface area contributed by atoms with Gasteiger partial charge >= 0.3 is 6.09 Å². The molecule has 0 spiro atoms. The fourth-order valence-electron chi connectivity index (χ4n) is 5.01. The Morgan fingerprint density at radius 3 is 2.48 bits per heavy atom. The van der Waals surface area contributed by atoms with Crippen LogP contribution in [0.2, 0.25) is 0 Å². The average molecular weight is 573 g/mol. The first-order valence-electron chi connectivity index (χ1n) is 14.5. The van der Waals surface area contributed by atoms with E-state index in [9.17, 15) is 9.59 Å². The van der Waals surface area contributed by atoms with E-state index in [0.29, 0.717) is 37.6 Å². The molecule has 2 fully saturated rings. The number of ether oxygens (including phenoxy) is 3. The van der Waals surface area contributed by atoms with Gasteiger partial charge in [0.25, 0.3) is 5.91 Å². The molecule has 0 aliphatic carbocycles. The number of aryl methyl sites for hydroxylation is 1. The zero-order chi connectivity index (χ0) is 29.7. The van der Waals surface area contributed by atoms with Crippen LogP contribution in [0, 0.1) is 6.92 Å². The van der Waals surface area contributed by atoms with Gasteiger partial charge in [-0.3, -0.25) is 4.79 Å². The smallest absolute Gasteiger partial charge is 0.410 e. The summed E-state index contributed by atoms with van der Waals surface area (Å²) in [5, 5.41) is 6.48. The van der Waals surface area contributed by atoms with Gasteiger partial charge in [0.15, 0.2) is 0 Å². The molecule has 9 heteroatoms. The van der Waals surface area contributed by atoms with Crippen LogP contribution in [0.5, 0.6) is 5.75 Å². The van der Waals surface area contributed by atoms with Crippen molar-refractivity contribution in [1.82, 2.24) is 4.90 Å². The number of likely N-dealkylation sites (tertiary alicyclic amines) is 1. The Balaban J connectivity index is 1.21. The van der Waals surface area contributed by atoms with Crippen molar-refractivity contribution in [3.63, 3.8) is 0 Å². The van der Waals surface area contributed by atoms with Crippen LogP contribution in [-0.2, 0) is 9.47 Å². The summed E-state index contributed by atoms with van der Waals surface area (Å²) in [6.45, 7) is 11.8. The highest BCUT2D eigenvalue weighted by Crippen LogP contribution is 2.28. The third-order valence-corrected chi connectivity index (χ3v) is 7.19. The zero-order valence-electron chi connectivity index (χ0n) is 24.8. The molecule has 3 aromatic rings. The van der Waals surface area contributed by atoms with Crippen molar-refractivity contribution in [2.75, 3.05) is 54.9 Å². The normalized spacial score (nSPS) is 17.1. The van der Waals surface area contributed by atoms with Gasteiger partial charge in [-0.05, 0) is 75.7 Å². The quantitative estimate of drug-likeness (QED) is 0.348. The van der Waals surface area contributed by atoms with Gasteiger partial charge in [-0.2, -0.15) is 0 Å². The molecule has 2 amide bonds. The summed E-state index contributed by atoms with van der Waals surface area (Å²) >= 11 is 0. The molecule has 42 heavy (non-hydrogen) atoms. The van der Waals surface area contributed by atoms with Crippen LogP contribution >= 0.6 is 0 Å². The first kappa shape index (κ1) is 29.3. The second kappa shape index (κ2) is 12.7. The van der Waals surface area contributed by atoms with Gasteiger partial charge in [0.05, 0.1) is 19.8 Å². The summed E-state index contributed by atoms with van der Waals surface area (Å²) in [6.07, 6.45) is 0.319. The second-order valence-electron chi connectivity index (χ2n) is 11.7. The predicted molar refractivity (Wildman–Crippen MR) is 165 cm³/mol. The number of carbonyl (C=O) groups excluding carboxylic acids is 2. The van der Waals surface area contributed by atoms with Crippen molar-refractivity contribution in [2.45, 2.75) is 45.8 Å². The lowest BCUT2D eigenvalue weighted by molar-refractivity contribution is 0.0275. The molecule has 1 unspecified atom stereocenters. The SMILES string of the molecule is Cc1ccc(C(=O)Nc2cccc(N3CCOCC3)c2)cc1Nc1cccc(OC2CCN(C(=O)OC(C)(C)C)C2)c1. The monoisotopic (exact) mass is 572 g/mol. The van der Waals surface area contributed by atoms with E-state index < -0.39 is 5.60 Å². The molecule has 2 aliphatic rings. The average Bonchev–Trinajstić information content (AvgIpc) is 3.43. The third-order valence-electron chi connectivity index (χ3n) is 7.19. The van der Waals surface area contributed by atoms with E-state index in [1.54, 1.807) is 4.90 Å². The lowest BCUT2D eigenvalue weighted by Crippen LogP contribution is -2.36. The summed E-state index contributed by atoms with van der Waals surface area (Å²) in [6, 6.07) is 21.3. The van der Waals surface area contributed by atoms with Crippen molar-refractivity contribution in [3.8, 4) is 5.75 Å². The van der Waals surface area contributed by atoms with Crippen molar-refractivity contribution in [3.05, 3.63) is 77.9 Å². The van der Waals surface area contributed by atoms with Gasteiger partial charge in [-0.15, -0.1) is 0 Å². The molecule has 0 saturated carbocycles. The van der Waals surface area contributed by atoms with Crippen LogP contribution in [0.4, 0.5) is 27.5 Å². The minimum atomic E-state index is -0.528.